The fraction of sp³-hybridized carbons (Fsp3) is 0.476. The van der Waals surface area contributed by atoms with Crippen molar-refractivity contribution in [3.8, 4) is 0 Å². The van der Waals surface area contributed by atoms with Gasteiger partial charge >= 0.3 is 0 Å². The Hall–Kier alpha value is -1.38. The third-order valence-corrected chi connectivity index (χ3v) is 5.59. The molecule has 0 radical (unpaired) electrons. The Bertz CT molecular complexity index is 633. The van der Waals surface area contributed by atoms with Gasteiger partial charge in [0.05, 0.1) is 0 Å². The molecule has 0 amide bonds. The minimum absolute atomic E-state index is 0.252. The Morgan fingerprint density at radius 3 is 2.29 bits per heavy atom. The van der Waals surface area contributed by atoms with Crippen molar-refractivity contribution in [3.63, 3.8) is 0 Å². The average molecular weight is 343 g/mol. The predicted octanol–water partition coefficient (Wildman–Crippen LogP) is 5.36. The first-order chi connectivity index (χ1) is 11.6. The lowest BCUT2D eigenvalue weighted by Gasteiger charge is -2.49. The van der Waals surface area contributed by atoms with Crippen LogP contribution in [0.4, 0.5) is 0 Å². The zero-order valence-corrected chi connectivity index (χ0v) is 15.4. The minimum atomic E-state index is 0.252. The van der Waals surface area contributed by atoms with Crippen LogP contribution in [0, 0.1) is 5.92 Å². The van der Waals surface area contributed by atoms with Gasteiger partial charge in [0, 0.05) is 35.4 Å². The lowest BCUT2D eigenvalue weighted by Crippen LogP contribution is -2.53. The second-order valence-corrected chi connectivity index (χ2v) is 7.87. The quantitative estimate of drug-likeness (QED) is 0.732. The number of nitrogens with zero attached hydrogens (tertiary/aromatic N) is 1. The maximum absolute atomic E-state index is 6.11. The summed E-state index contributed by atoms with van der Waals surface area (Å²) in [5.41, 5.74) is 2.98. The van der Waals surface area contributed by atoms with Crippen molar-refractivity contribution < 1.29 is 0 Å². The van der Waals surface area contributed by atoms with Crippen LogP contribution in [-0.2, 0) is 12.0 Å². The van der Waals surface area contributed by atoms with E-state index in [4.69, 9.17) is 11.6 Å². The van der Waals surface area contributed by atoms with Gasteiger partial charge in [-0.05, 0) is 60.6 Å². The molecule has 1 aliphatic rings. The standard InChI is InChI=1S/C21H27ClN2/c1-16(2)14-20(24-15-17-8-12-23-13-9-17)21(10-3-11-21)18-4-6-19(22)7-5-18/h4-9,12-13,16,20,24H,3,10-11,14-15H2,1-2H3. The van der Waals surface area contributed by atoms with E-state index in [0.717, 1.165) is 11.6 Å². The molecule has 0 aliphatic heterocycles. The molecule has 1 fully saturated rings. The number of rotatable bonds is 7. The van der Waals surface area contributed by atoms with Crippen LogP contribution in [0.15, 0.2) is 48.8 Å². The summed E-state index contributed by atoms with van der Waals surface area (Å²) in [7, 11) is 0. The first-order valence-electron chi connectivity index (χ1n) is 8.98. The third-order valence-electron chi connectivity index (χ3n) is 5.34. The Kier molecular flexibility index (Phi) is 5.57. The molecule has 2 aromatic rings. The van der Waals surface area contributed by atoms with Crippen LogP contribution in [0.2, 0.25) is 5.02 Å². The zero-order valence-electron chi connectivity index (χ0n) is 14.6. The van der Waals surface area contributed by atoms with Gasteiger partial charge in [0.2, 0.25) is 0 Å². The average Bonchev–Trinajstić information content (AvgIpc) is 2.53. The molecule has 128 valence electrons. The van der Waals surface area contributed by atoms with Gasteiger partial charge < -0.3 is 5.32 Å². The molecule has 1 N–H and O–H groups in total. The fourth-order valence-corrected chi connectivity index (χ4v) is 4.02. The topological polar surface area (TPSA) is 24.9 Å². The molecule has 1 aromatic heterocycles. The molecule has 24 heavy (non-hydrogen) atoms. The Morgan fingerprint density at radius 1 is 1.08 bits per heavy atom. The van der Waals surface area contributed by atoms with Gasteiger partial charge in [0.25, 0.3) is 0 Å². The Balaban J connectivity index is 1.81. The third kappa shape index (κ3) is 3.81. The number of benzene rings is 1. The smallest absolute Gasteiger partial charge is 0.0406 e. The van der Waals surface area contributed by atoms with Gasteiger partial charge in [-0.15, -0.1) is 0 Å². The van der Waals surface area contributed by atoms with E-state index in [2.05, 4.69) is 48.4 Å². The van der Waals surface area contributed by atoms with Crippen LogP contribution in [0.1, 0.15) is 50.7 Å². The molecule has 1 aliphatic carbocycles. The molecule has 3 heteroatoms. The number of hydrogen-bond donors (Lipinski definition) is 1. The number of hydrogen-bond acceptors (Lipinski definition) is 2. The van der Waals surface area contributed by atoms with Gasteiger partial charge in [0.15, 0.2) is 0 Å². The van der Waals surface area contributed by atoms with Crippen molar-refractivity contribution in [2.24, 2.45) is 5.92 Å². The van der Waals surface area contributed by atoms with E-state index in [9.17, 15) is 0 Å². The number of aromatic nitrogens is 1. The highest BCUT2D eigenvalue weighted by atomic mass is 35.5. The van der Waals surface area contributed by atoms with E-state index in [1.807, 2.05) is 24.5 Å². The van der Waals surface area contributed by atoms with E-state index in [1.54, 1.807) is 0 Å². The second kappa shape index (κ2) is 7.67. The Labute approximate surface area is 150 Å². The van der Waals surface area contributed by atoms with Gasteiger partial charge in [-0.2, -0.15) is 0 Å². The van der Waals surface area contributed by atoms with Gasteiger partial charge in [0.1, 0.15) is 0 Å². The molecule has 0 saturated heterocycles. The van der Waals surface area contributed by atoms with Crippen LogP contribution in [-0.4, -0.2) is 11.0 Å². The lowest BCUT2D eigenvalue weighted by atomic mass is 9.59. The van der Waals surface area contributed by atoms with Crippen LogP contribution in [0.3, 0.4) is 0 Å². The summed E-state index contributed by atoms with van der Waals surface area (Å²) < 4.78 is 0. The highest BCUT2D eigenvalue weighted by Gasteiger charge is 2.45. The molecule has 0 spiro atoms. The van der Waals surface area contributed by atoms with Crippen molar-refractivity contribution in [2.75, 3.05) is 0 Å². The van der Waals surface area contributed by atoms with E-state index < -0.39 is 0 Å². The zero-order chi connectivity index (χ0) is 17.0. The van der Waals surface area contributed by atoms with Crippen molar-refractivity contribution in [1.82, 2.24) is 10.3 Å². The van der Waals surface area contributed by atoms with Crippen LogP contribution in [0.5, 0.6) is 0 Å². The summed E-state index contributed by atoms with van der Waals surface area (Å²) in [6.07, 6.45) is 8.76. The normalized spacial score (nSPS) is 17.5. The minimum Gasteiger partial charge on any atom is -0.309 e. The van der Waals surface area contributed by atoms with Gasteiger partial charge in [-0.1, -0.05) is 44.0 Å². The molecular weight excluding hydrogens is 316 g/mol. The molecule has 1 aromatic carbocycles. The summed E-state index contributed by atoms with van der Waals surface area (Å²) in [5.74, 6) is 0.671. The van der Waals surface area contributed by atoms with Crippen LogP contribution >= 0.6 is 11.6 Å². The summed E-state index contributed by atoms with van der Waals surface area (Å²) in [4.78, 5) is 4.11. The summed E-state index contributed by atoms with van der Waals surface area (Å²) >= 11 is 6.11. The lowest BCUT2D eigenvalue weighted by molar-refractivity contribution is 0.150. The first kappa shape index (κ1) is 17.4. The highest BCUT2D eigenvalue weighted by Crippen LogP contribution is 2.48. The Morgan fingerprint density at radius 2 is 1.75 bits per heavy atom. The molecule has 3 rings (SSSR count). The van der Waals surface area contributed by atoms with E-state index >= 15 is 0 Å². The molecule has 1 saturated carbocycles. The van der Waals surface area contributed by atoms with E-state index in [-0.39, 0.29) is 5.41 Å². The van der Waals surface area contributed by atoms with Crippen LogP contribution < -0.4 is 5.32 Å². The summed E-state index contributed by atoms with van der Waals surface area (Å²) in [5, 5.41) is 4.68. The molecule has 1 heterocycles. The van der Waals surface area contributed by atoms with E-state index in [1.165, 1.54) is 36.8 Å². The monoisotopic (exact) mass is 342 g/mol. The van der Waals surface area contributed by atoms with Gasteiger partial charge in [-0.25, -0.2) is 0 Å². The number of pyridine rings is 1. The van der Waals surface area contributed by atoms with Crippen molar-refractivity contribution in [2.45, 2.75) is 57.5 Å². The fourth-order valence-electron chi connectivity index (χ4n) is 3.90. The maximum atomic E-state index is 6.11. The van der Waals surface area contributed by atoms with Crippen molar-refractivity contribution in [3.05, 3.63) is 64.9 Å². The first-order valence-corrected chi connectivity index (χ1v) is 9.36. The summed E-state index contributed by atoms with van der Waals surface area (Å²) in [6.45, 7) is 5.53. The molecule has 0 bridgehead atoms. The predicted molar refractivity (Wildman–Crippen MR) is 101 cm³/mol. The largest absolute Gasteiger partial charge is 0.309 e. The molecule has 1 atom stereocenters. The summed E-state index contributed by atoms with van der Waals surface area (Å²) in [6, 6.07) is 13.2. The maximum Gasteiger partial charge on any atom is 0.0406 e. The number of nitrogens with one attached hydrogen (secondary N) is 1. The highest BCUT2D eigenvalue weighted by molar-refractivity contribution is 6.30. The van der Waals surface area contributed by atoms with Gasteiger partial charge in [-0.3, -0.25) is 4.98 Å². The van der Waals surface area contributed by atoms with E-state index in [0.29, 0.717) is 12.0 Å². The van der Waals surface area contributed by atoms with Crippen molar-refractivity contribution >= 4 is 11.6 Å². The van der Waals surface area contributed by atoms with Crippen molar-refractivity contribution in [1.29, 1.82) is 0 Å². The second-order valence-electron chi connectivity index (χ2n) is 7.44. The number of halogens is 1. The molecule has 2 nitrogen and oxygen atoms in total. The molecular formula is C21H27ClN2. The molecule has 1 unspecified atom stereocenters. The van der Waals surface area contributed by atoms with Crippen LogP contribution in [0.25, 0.3) is 0 Å². The SMILES string of the molecule is CC(C)CC(NCc1ccncc1)C1(c2ccc(Cl)cc2)CCC1.